The summed E-state index contributed by atoms with van der Waals surface area (Å²) in [5.74, 6) is -0.428. The summed E-state index contributed by atoms with van der Waals surface area (Å²) in [6.07, 6.45) is 0. The van der Waals surface area contributed by atoms with Gasteiger partial charge in [-0.25, -0.2) is 0 Å². The summed E-state index contributed by atoms with van der Waals surface area (Å²) in [5, 5.41) is 0. The Morgan fingerprint density at radius 1 is 1.43 bits per heavy atom. The molecule has 1 aromatic carbocycles. The molecule has 1 atom stereocenters. The van der Waals surface area contributed by atoms with Crippen LogP contribution in [0.25, 0.3) is 0 Å². The van der Waals surface area contributed by atoms with E-state index in [2.05, 4.69) is 20.7 Å². The van der Waals surface area contributed by atoms with Crippen LogP contribution >= 0.6 is 28.3 Å². The molecular formula is C9H11BrClNO2. The van der Waals surface area contributed by atoms with Gasteiger partial charge >= 0.3 is 5.97 Å². The number of benzene rings is 1. The van der Waals surface area contributed by atoms with E-state index in [0.29, 0.717) is 0 Å². The van der Waals surface area contributed by atoms with Gasteiger partial charge < -0.3 is 10.5 Å². The number of carbonyl (C=O) groups excluding carboxylic acids is 1. The molecule has 0 aliphatic rings. The number of ether oxygens (including phenoxy) is 1. The van der Waals surface area contributed by atoms with Crippen molar-refractivity contribution in [2.24, 2.45) is 5.73 Å². The van der Waals surface area contributed by atoms with Gasteiger partial charge in [-0.15, -0.1) is 12.4 Å². The topological polar surface area (TPSA) is 52.3 Å². The molecule has 5 heteroatoms. The van der Waals surface area contributed by atoms with Gasteiger partial charge in [0, 0.05) is 4.47 Å². The maximum atomic E-state index is 11.0. The first-order valence-corrected chi connectivity index (χ1v) is 4.53. The summed E-state index contributed by atoms with van der Waals surface area (Å²) in [5.41, 5.74) is 6.35. The molecule has 1 rings (SSSR count). The van der Waals surface area contributed by atoms with Crippen molar-refractivity contribution in [3.63, 3.8) is 0 Å². The fourth-order valence-corrected chi connectivity index (χ4v) is 1.20. The van der Waals surface area contributed by atoms with E-state index < -0.39 is 12.0 Å². The summed E-state index contributed by atoms with van der Waals surface area (Å²) in [7, 11) is 1.32. The number of nitrogens with two attached hydrogens (primary N) is 1. The highest BCUT2D eigenvalue weighted by molar-refractivity contribution is 9.10. The molecule has 1 aromatic rings. The Labute approximate surface area is 97.2 Å². The zero-order valence-corrected chi connectivity index (χ0v) is 9.97. The maximum absolute atomic E-state index is 11.0. The van der Waals surface area contributed by atoms with Crippen LogP contribution < -0.4 is 5.73 Å². The predicted molar refractivity (Wildman–Crippen MR) is 60.3 cm³/mol. The third-order valence-electron chi connectivity index (χ3n) is 1.68. The van der Waals surface area contributed by atoms with Crippen LogP contribution in [0.3, 0.4) is 0 Å². The van der Waals surface area contributed by atoms with Crippen molar-refractivity contribution in [3.8, 4) is 0 Å². The molecule has 0 aromatic heterocycles. The van der Waals surface area contributed by atoms with Crippen LogP contribution in [0, 0.1) is 0 Å². The van der Waals surface area contributed by atoms with Crippen LogP contribution in [0.4, 0.5) is 0 Å². The van der Waals surface area contributed by atoms with E-state index in [1.807, 2.05) is 12.1 Å². The summed E-state index contributed by atoms with van der Waals surface area (Å²) in [4.78, 5) is 11.0. The average molecular weight is 281 g/mol. The third kappa shape index (κ3) is 3.29. The molecule has 0 spiro atoms. The van der Waals surface area contributed by atoms with E-state index in [-0.39, 0.29) is 12.4 Å². The molecule has 0 amide bonds. The number of esters is 1. The lowest BCUT2D eigenvalue weighted by atomic mass is 10.1. The first-order chi connectivity index (χ1) is 6.15. The summed E-state index contributed by atoms with van der Waals surface area (Å²) in [6.45, 7) is 0. The highest BCUT2D eigenvalue weighted by Crippen LogP contribution is 2.15. The lowest BCUT2D eigenvalue weighted by molar-refractivity contribution is -0.142. The number of hydrogen-bond acceptors (Lipinski definition) is 3. The second-order valence-electron chi connectivity index (χ2n) is 2.55. The molecule has 0 aliphatic carbocycles. The Kier molecular flexibility index (Phi) is 5.76. The van der Waals surface area contributed by atoms with E-state index in [0.717, 1.165) is 10.0 Å². The molecule has 0 saturated carbocycles. The molecule has 0 radical (unpaired) electrons. The van der Waals surface area contributed by atoms with Crippen molar-refractivity contribution in [1.29, 1.82) is 0 Å². The minimum absolute atomic E-state index is 0. The van der Waals surface area contributed by atoms with Crippen LogP contribution in [-0.2, 0) is 9.53 Å². The minimum Gasteiger partial charge on any atom is -0.468 e. The molecular weight excluding hydrogens is 269 g/mol. The highest BCUT2D eigenvalue weighted by Gasteiger charge is 2.15. The van der Waals surface area contributed by atoms with Crippen molar-refractivity contribution in [1.82, 2.24) is 0 Å². The Morgan fingerprint density at radius 2 is 1.93 bits per heavy atom. The van der Waals surface area contributed by atoms with Crippen LogP contribution in [0.15, 0.2) is 28.7 Å². The second-order valence-corrected chi connectivity index (χ2v) is 3.47. The number of halogens is 2. The standard InChI is InChI=1S/C9H10BrNO2.ClH/c1-13-9(12)8(11)6-2-4-7(10)5-3-6;/h2-5,8H,11H2,1H3;1H. The van der Waals surface area contributed by atoms with E-state index in [4.69, 9.17) is 5.73 Å². The zero-order chi connectivity index (χ0) is 9.84. The quantitative estimate of drug-likeness (QED) is 0.844. The number of hydrogen-bond donors (Lipinski definition) is 1. The van der Waals surface area contributed by atoms with Crippen LogP contribution in [0.5, 0.6) is 0 Å². The Morgan fingerprint density at radius 3 is 2.36 bits per heavy atom. The molecule has 1 unspecified atom stereocenters. The fourth-order valence-electron chi connectivity index (χ4n) is 0.933. The van der Waals surface area contributed by atoms with E-state index in [9.17, 15) is 4.79 Å². The van der Waals surface area contributed by atoms with Crippen molar-refractivity contribution in [2.75, 3.05) is 7.11 Å². The largest absolute Gasteiger partial charge is 0.468 e. The van der Waals surface area contributed by atoms with E-state index in [1.165, 1.54) is 7.11 Å². The van der Waals surface area contributed by atoms with Crippen LogP contribution in [0.2, 0.25) is 0 Å². The molecule has 14 heavy (non-hydrogen) atoms. The first-order valence-electron chi connectivity index (χ1n) is 3.74. The first kappa shape index (κ1) is 13.4. The van der Waals surface area contributed by atoms with Crippen molar-refractivity contribution >= 4 is 34.3 Å². The Bertz CT molecular complexity index is 302. The number of carbonyl (C=O) groups is 1. The summed E-state index contributed by atoms with van der Waals surface area (Å²) < 4.78 is 5.47. The molecule has 3 nitrogen and oxygen atoms in total. The van der Waals surface area contributed by atoms with Gasteiger partial charge in [-0.1, -0.05) is 28.1 Å². The smallest absolute Gasteiger partial charge is 0.327 e. The molecule has 0 bridgehead atoms. The fraction of sp³-hybridized carbons (Fsp3) is 0.222. The van der Waals surface area contributed by atoms with Crippen LogP contribution in [-0.4, -0.2) is 13.1 Å². The lowest BCUT2D eigenvalue weighted by Crippen LogP contribution is -2.22. The minimum atomic E-state index is -0.696. The molecule has 78 valence electrons. The van der Waals surface area contributed by atoms with Crippen LogP contribution in [0.1, 0.15) is 11.6 Å². The number of rotatable bonds is 2. The van der Waals surface area contributed by atoms with Crippen molar-refractivity contribution in [2.45, 2.75) is 6.04 Å². The van der Waals surface area contributed by atoms with Crippen molar-refractivity contribution in [3.05, 3.63) is 34.3 Å². The Balaban J connectivity index is 0.00000169. The van der Waals surface area contributed by atoms with Gasteiger partial charge in [0.1, 0.15) is 6.04 Å². The average Bonchev–Trinajstić information content (AvgIpc) is 2.17. The van der Waals surface area contributed by atoms with Gasteiger partial charge in [0.25, 0.3) is 0 Å². The molecule has 2 N–H and O–H groups in total. The van der Waals surface area contributed by atoms with Gasteiger partial charge in [0.15, 0.2) is 0 Å². The van der Waals surface area contributed by atoms with Gasteiger partial charge in [-0.3, -0.25) is 4.79 Å². The van der Waals surface area contributed by atoms with Gasteiger partial charge in [-0.2, -0.15) is 0 Å². The monoisotopic (exact) mass is 279 g/mol. The van der Waals surface area contributed by atoms with Gasteiger partial charge in [0.05, 0.1) is 7.11 Å². The van der Waals surface area contributed by atoms with E-state index >= 15 is 0 Å². The molecule has 0 fully saturated rings. The second kappa shape index (κ2) is 6.01. The summed E-state index contributed by atoms with van der Waals surface area (Å²) in [6, 6.07) is 6.53. The molecule has 0 saturated heterocycles. The highest BCUT2D eigenvalue weighted by atomic mass is 79.9. The lowest BCUT2D eigenvalue weighted by Gasteiger charge is -2.08. The molecule has 0 aliphatic heterocycles. The summed E-state index contributed by atoms with van der Waals surface area (Å²) >= 11 is 3.29. The Hall–Kier alpha value is -0.580. The van der Waals surface area contributed by atoms with E-state index in [1.54, 1.807) is 12.1 Å². The maximum Gasteiger partial charge on any atom is 0.327 e. The number of methoxy groups -OCH3 is 1. The zero-order valence-electron chi connectivity index (χ0n) is 7.57. The van der Waals surface area contributed by atoms with Gasteiger partial charge in [0.2, 0.25) is 0 Å². The van der Waals surface area contributed by atoms with Crippen molar-refractivity contribution < 1.29 is 9.53 Å². The molecule has 0 heterocycles. The third-order valence-corrected chi connectivity index (χ3v) is 2.21. The normalized spacial score (nSPS) is 11.4. The SMILES string of the molecule is COC(=O)C(N)c1ccc(Br)cc1.Cl. The van der Waals surface area contributed by atoms with Gasteiger partial charge in [-0.05, 0) is 17.7 Å². The predicted octanol–water partition coefficient (Wildman–Crippen LogP) is 2.04.